The van der Waals surface area contributed by atoms with E-state index in [0.717, 1.165) is 6.92 Å². The largest absolute Gasteiger partial charge is 0.346 e. The summed E-state index contributed by atoms with van der Waals surface area (Å²) in [6.45, 7) is 0.992. The number of likely N-dealkylation sites (N-methyl/N-ethyl adjacent to an activating group) is 1. The Balaban J connectivity index is 2.41. The van der Waals surface area contributed by atoms with Crippen molar-refractivity contribution in [2.75, 3.05) is 26.6 Å². The Morgan fingerprint density at radius 2 is 2.57 bits per heavy atom. The second-order valence-corrected chi connectivity index (χ2v) is 5.04. The minimum atomic E-state index is -3.21. The third-order valence-electron chi connectivity index (χ3n) is 3.55. The molecule has 0 bridgehead atoms. The summed E-state index contributed by atoms with van der Waals surface area (Å²) in [5.74, 6) is -3.64. The van der Waals surface area contributed by atoms with Gasteiger partial charge in [-0.25, -0.2) is 11.6 Å². The van der Waals surface area contributed by atoms with Gasteiger partial charge in [-0.3, -0.25) is 9.37 Å². The summed E-state index contributed by atoms with van der Waals surface area (Å²) < 4.78 is 68.4. The Labute approximate surface area is 145 Å². The van der Waals surface area contributed by atoms with Crippen LogP contribution in [0, 0.1) is 12.5 Å². The molecule has 120 valence electrons. The summed E-state index contributed by atoms with van der Waals surface area (Å²) in [5.41, 5.74) is 0.437. The number of nitrogens with zero attached hydrogens (tertiary/aromatic N) is 4. The molecule has 2 N–H and O–H groups in total. The molecular formula is C16H21N6O+. The van der Waals surface area contributed by atoms with Crippen molar-refractivity contribution in [2.24, 2.45) is 5.89 Å². The highest BCUT2D eigenvalue weighted by Crippen LogP contribution is 2.18. The van der Waals surface area contributed by atoms with E-state index in [-0.39, 0.29) is 16.7 Å². The highest BCUT2D eigenvalue weighted by Gasteiger charge is 2.33. The average molecular weight is 321 g/mol. The fraction of sp³-hybridized carbons (Fsp3) is 0.500. The number of H-pyrrole nitrogens is 2. The van der Waals surface area contributed by atoms with Gasteiger partial charge in [0.1, 0.15) is 18.4 Å². The molecule has 2 atom stereocenters. The normalized spacial score (nSPS) is 37.6. The van der Waals surface area contributed by atoms with E-state index in [1.54, 1.807) is 12.3 Å². The first-order valence-corrected chi connectivity index (χ1v) is 6.88. The van der Waals surface area contributed by atoms with E-state index in [4.69, 9.17) is 17.5 Å². The van der Waals surface area contributed by atoms with Crippen LogP contribution in [0.15, 0.2) is 18.6 Å². The number of aromatic amines is 2. The molecule has 1 aliphatic rings. The minimum absolute atomic E-state index is 0.104. The van der Waals surface area contributed by atoms with Crippen LogP contribution in [0.25, 0.3) is 15.9 Å². The molecule has 2 aromatic heterocycles. The number of aromatic nitrogens is 3. The number of nitrogens with one attached hydrogen (secondary N) is 2. The zero-order valence-electron chi connectivity index (χ0n) is 20.6. The van der Waals surface area contributed by atoms with E-state index in [1.165, 1.54) is 11.6 Å². The van der Waals surface area contributed by atoms with E-state index in [1.807, 2.05) is 0 Å². The number of piperidine rings is 1. The predicted molar refractivity (Wildman–Crippen MR) is 87.3 cm³/mol. The lowest BCUT2D eigenvalue weighted by atomic mass is 9.93. The van der Waals surface area contributed by atoms with Gasteiger partial charge in [0.15, 0.2) is 6.30 Å². The van der Waals surface area contributed by atoms with Crippen LogP contribution >= 0.6 is 0 Å². The molecule has 7 nitrogen and oxygen atoms in total. The van der Waals surface area contributed by atoms with Gasteiger partial charge >= 0.3 is 5.91 Å². The Morgan fingerprint density at radius 3 is 3.35 bits per heavy atom. The molecule has 2 aromatic rings. The molecule has 0 radical (unpaired) electrons. The van der Waals surface area contributed by atoms with Crippen LogP contribution in [0.5, 0.6) is 0 Å². The summed E-state index contributed by atoms with van der Waals surface area (Å²) in [4.78, 5) is 25.1. The number of likely N-dealkylation sites (tertiary alicyclic amines) is 1. The van der Waals surface area contributed by atoms with Crippen LogP contribution < -0.4 is 10.1 Å². The summed E-state index contributed by atoms with van der Waals surface area (Å²) in [5, 5.41) is 0.429. The Hall–Kier alpha value is -2.62. The van der Waals surface area contributed by atoms with Crippen LogP contribution in [0.4, 0.5) is 0 Å². The van der Waals surface area contributed by atoms with Gasteiger partial charge < -0.3 is 14.7 Å². The number of rotatable bonds is 2. The van der Waals surface area contributed by atoms with Crippen molar-refractivity contribution in [1.29, 1.82) is 0 Å². The van der Waals surface area contributed by atoms with Crippen molar-refractivity contribution in [1.82, 2.24) is 24.4 Å². The lowest BCUT2D eigenvalue weighted by Crippen LogP contribution is -2.54. The maximum absolute atomic E-state index is 12.6. The van der Waals surface area contributed by atoms with Gasteiger partial charge in [0.2, 0.25) is 0 Å². The molecular weight excluding hydrogens is 292 g/mol. The van der Waals surface area contributed by atoms with Crippen molar-refractivity contribution >= 4 is 16.9 Å². The fourth-order valence-electron chi connectivity index (χ4n) is 2.37. The molecule has 0 unspecified atom stereocenters. The number of hydrogen-bond acceptors (Lipinski definition) is 2. The SMILES string of the molecule is [2H]c1nc2[nH]ccc2c(=[N+](C)[C@H]2C([2H])([2H])N(C(=O)C[N+]#[C-])C([2H])([2H])C([2H])([2H])[C@@]2([2H])C)[nH]1. The topological polar surface area (TPSA) is 72.2 Å². The Morgan fingerprint density at radius 1 is 1.74 bits per heavy atom. The van der Waals surface area contributed by atoms with Gasteiger partial charge in [-0.1, -0.05) is 6.92 Å². The quantitative estimate of drug-likeness (QED) is 0.623. The molecule has 1 amide bonds. The lowest BCUT2D eigenvalue weighted by Gasteiger charge is -2.35. The van der Waals surface area contributed by atoms with Gasteiger partial charge in [-0.05, 0) is 18.3 Å². The second-order valence-electron chi connectivity index (χ2n) is 5.04. The molecule has 23 heavy (non-hydrogen) atoms. The maximum Gasteiger partial charge on any atom is 0.302 e. The second kappa shape index (κ2) is 6.24. The van der Waals surface area contributed by atoms with Crippen molar-refractivity contribution < 1.29 is 15.8 Å². The number of carbonyl (C=O) groups excluding carboxylic acids is 1. The summed E-state index contributed by atoms with van der Waals surface area (Å²) >= 11 is 0. The Kier molecular flexibility index (Phi) is 2.25. The number of fused-ring (bicyclic) bond motifs is 1. The van der Waals surface area contributed by atoms with E-state index in [9.17, 15) is 4.79 Å². The van der Waals surface area contributed by atoms with Gasteiger partial charge in [0.05, 0.1) is 16.3 Å². The summed E-state index contributed by atoms with van der Waals surface area (Å²) in [6.07, 6.45) is -1.77. The van der Waals surface area contributed by atoms with E-state index in [0.29, 0.717) is 11.0 Å². The van der Waals surface area contributed by atoms with Crippen molar-refractivity contribution in [2.45, 2.75) is 19.3 Å². The third kappa shape index (κ3) is 2.84. The molecule has 3 heterocycles. The van der Waals surface area contributed by atoms with Crippen LogP contribution in [0.3, 0.4) is 0 Å². The van der Waals surface area contributed by atoms with E-state index < -0.39 is 43.8 Å². The zero-order chi connectivity index (χ0) is 23.6. The standard InChI is InChI=1S/C16H20N6O/c1-11-5-7-22(14(23)8-17-2)9-13(11)21(3)16-12-4-6-18-15(12)19-10-20-16/h4,6,10-11,13H,5,7-9H2,1,3H3,(H,18,19,20)/p+1/t11-,13+/m1/s1/i5D2,7D2,9D2,10D,11D. The van der Waals surface area contributed by atoms with Gasteiger partial charge in [-0.2, -0.15) is 4.98 Å². The predicted octanol–water partition coefficient (Wildman–Crippen LogP) is 0.449. The molecule has 0 saturated carbocycles. The van der Waals surface area contributed by atoms with E-state index in [2.05, 4.69) is 19.8 Å². The van der Waals surface area contributed by atoms with Crippen molar-refractivity contribution in [3.8, 4) is 0 Å². The summed E-state index contributed by atoms with van der Waals surface area (Å²) in [6, 6.07) is -0.135. The first-order valence-electron chi connectivity index (χ1n) is 10.9. The molecule has 0 spiro atoms. The molecule has 3 rings (SSSR count). The fourth-order valence-corrected chi connectivity index (χ4v) is 2.37. The summed E-state index contributed by atoms with van der Waals surface area (Å²) in [7, 11) is 1.36. The molecule has 1 aliphatic heterocycles. The average Bonchev–Trinajstić information content (AvgIpc) is 3.07. The van der Waals surface area contributed by atoms with Gasteiger partial charge in [0, 0.05) is 19.5 Å². The zero-order valence-corrected chi connectivity index (χ0v) is 12.6. The van der Waals surface area contributed by atoms with Crippen molar-refractivity contribution in [3.63, 3.8) is 0 Å². The monoisotopic (exact) mass is 321 g/mol. The first-order chi connectivity index (χ1) is 14.1. The Bertz CT molecular complexity index is 1160. The first kappa shape index (κ1) is 8.29. The van der Waals surface area contributed by atoms with Gasteiger partial charge in [0.25, 0.3) is 12.0 Å². The third-order valence-corrected chi connectivity index (χ3v) is 3.55. The highest BCUT2D eigenvalue weighted by molar-refractivity contribution is 5.79. The number of carbonyl (C=O) groups is 1. The van der Waals surface area contributed by atoms with Crippen LogP contribution in [-0.4, -0.2) is 58.4 Å². The van der Waals surface area contributed by atoms with Crippen LogP contribution in [0.1, 0.15) is 24.3 Å². The van der Waals surface area contributed by atoms with E-state index >= 15 is 0 Å². The van der Waals surface area contributed by atoms with Crippen molar-refractivity contribution in [3.05, 3.63) is 35.5 Å². The highest BCUT2D eigenvalue weighted by atomic mass is 16.2. The maximum atomic E-state index is 12.6. The lowest BCUT2D eigenvalue weighted by molar-refractivity contribution is -0.131. The van der Waals surface area contributed by atoms with Crippen LogP contribution in [0.2, 0.25) is 0 Å². The number of hydrogen-bond donors (Lipinski definition) is 2. The molecule has 1 saturated heterocycles. The molecule has 0 aromatic carbocycles. The molecule has 7 heteroatoms. The van der Waals surface area contributed by atoms with Gasteiger partial charge in [-0.15, -0.1) is 0 Å². The smallest absolute Gasteiger partial charge is 0.302 e. The number of amides is 1. The molecule has 0 aliphatic carbocycles. The molecule has 1 fully saturated rings. The van der Waals surface area contributed by atoms with Crippen LogP contribution in [-0.2, 0) is 4.79 Å². The minimum Gasteiger partial charge on any atom is -0.346 e.